The second-order valence-corrected chi connectivity index (χ2v) is 8.12. The maximum Gasteiger partial charge on any atom is 0.238 e. The Labute approximate surface area is 162 Å². The molecule has 0 aromatic heterocycles. The Balaban J connectivity index is 1.55. The van der Waals surface area contributed by atoms with Crippen molar-refractivity contribution in [3.8, 4) is 0 Å². The maximum absolute atomic E-state index is 14.0. The van der Waals surface area contributed by atoms with Gasteiger partial charge in [-0.25, -0.2) is 4.39 Å². The maximum atomic E-state index is 14.0. The highest BCUT2D eigenvalue weighted by Gasteiger charge is 2.35. The highest BCUT2D eigenvalue weighted by atomic mass is 32.2. The van der Waals surface area contributed by atoms with Crippen LogP contribution in [-0.2, 0) is 9.59 Å². The zero-order valence-electron chi connectivity index (χ0n) is 15.1. The monoisotopic (exact) mass is 384 g/mol. The number of hydrogen-bond acceptors (Lipinski definition) is 3. The summed E-state index contributed by atoms with van der Waals surface area (Å²) in [4.78, 5) is 26.2. The van der Waals surface area contributed by atoms with E-state index < -0.39 is 0 Å². The highest BCUT2D eigenvalue weighted by Crippen LogP contribution is 2.43. The zero-order chi connectivity index (χ0) is 19.0. The van der Waals surface area contributed by atoms with E-state index >= 15 is 0 Å². The second-order valence-electron chi connectivity index (χ2n) is 7.05. The first-order valence-corrected chi connectivity index (χ1v) is 10.2. The molecule has 6 heteroatoms. The van der Waals surface area contributed by atoms with Crippen LogP contribution in [0.2, 0.25) is 0 Å². The molecule has 4 nitrogen and oxygen atoms in total. The van der Waals surface area contributed by atoms with E-state index in [9.17, 15) is 14.0 Å². The van der Waals surface area contributed by atoms with E-state index in [2.05, 4.69) is 5.32 Å². The zero-order valence-corrected chi connectivity index (χ0v) is 15.9. The van der Waals surface area contributed by atoms with Crippen molar-refractivity contribution in [2.24, 2.45) is 5.92 Å². The normalized spacial score (nSPS) is 19.9. The highest BCUT2D eigenvalue weighted by molar-refractivity contribution is 8.00. The Morgan fingerprint density at radius 1 is 1.19 bits per heavy atom. The van der Waals surface area contributed by atoms with Crippen molar-refractivity contribution in [1.82, 2.24) is 0 Å². The summed E-state index contributed by atoms with van der Waals surface area (Å²) in [6.45, 7) is 1.69. The van der Waals surface area contributed by atoms with Gasteiger partial charge in [0.25, 0.3) is 0 Å². The average Bonchev–Trinajstić information content (AvgIpc) is 2.98. The van der Waals surface area contributed by atoms with Crippen LogP contribution in [0.3, 0.4) is 0 Å². The molecule has 1 aliphatic carbocycles. The smallest absolute Gasteiger partial charge is 0.238 e. The number of anilines is 2. The van der Waals surface area contributed by atoms with E-state index in [0.29, 0.717) is 17.0 Å². The van der Waals surface area contributed by atoms with Gasteiger partial charge in [0, 0.05) is 17.2 Å². The predicted octanol–water partition coefficient (Wildman–Crippen LogP) is 4.65. The van der Waals surface area contributed by atoms with Gasteiger partial charge in [-0.1, -0.05) is 24.6 Å². The predicted molar refractivity (Wildman–Crippen MR) is 106 cm³/mol. The molecule has 1 heterocycles. The number of carbonyl (C=O) groups excluding carboxylic acids is 2. The van der Waals surface area contributed by atoms with Crippen LogP contribution in [0.25, 0.3) is 0 Å². The molecule has 1 saturated heterocycles. The number of benzene rings is 2. The summed E-state index contributed by atoms with van der Waals surface area (Å²) < 4.78 is 14.0. The van der Waals surface area contributed by atoms with Crippen molar-refractivity contribution < 1.29 is 14.0 Å². The summed E-state index contributed by atoms with van der Waals surface area (Å²) in [6.07, 6.45) is 3.05. The van der Waals surface area contributed by atoms with Gasteiger partial charge < -0.3 is 5.32 Å². The van der Waals surface area contributed by atoms with Crippen molar-refractivity contribution in [2.45, 2.75) is 31.6 Å². The molecule has 140 valence electrons. The Hall–Kier alpha value is -2.34. The fourth-order valence-corrected chi connectivity index (χ4v) is 4.60. The quantitative estimate of drug-likeness (QED) is 0.835. The molecule has 2 aromatic rings. The summed E-state index contributed by atoms with van der Waals surface area (Å²) >= 11 is 1.53. The molecule has 1 atom stereocenters. The fraction of sp³-hybridized carbons (Fsp3) is 0.333. The van der Waals surface area contributed by atoms with Crippen LogP contribution in [0.4, 0.5) is 15.8 Å². The lowest BCUT2D eigenvalue weighted by Gasteiger charge is -2.26. The Bertz CT molecular complexity index is 880. The molecule has 2 aliphatic rings. The van der Waals surface area contributed by atoms with Gasteiger partial charge in [-0.05, 0) is 49.6 Å². The van der Waals surface area contributed by atoms with Crippen LogP contribution in [0.15, 0.2) is 42.5 Å². The molecule has 1 aliphatic heterocycles. The summed E-state index contributed by atoms with van der Waals surface area (Å²) in [5, 5.41) is 2.75. The minimum atomic E-state index is -0.315. The minimum Gasteiger partial charge on any atom is -0.326 e. The summed E-state index contributed by atoms with van der Waals surface area (Å²) in [7, 11) is 0. The molecule has 4 rings (SSSR count). The van der Waals surface area contributed by atoms with Gasteiger partial charge in [-0.15, -0.1) is 11.8 Å². The van der Waals surface area contributed by atoms with Gasteiger partial charge >= 0.3 is 0 Å². The summed E-state index contributed by atoms with van der Waals surface area (Å²) in [6, 6.07) is 12.4. The van der Waals surface area contributed by atoms with Crippen LogP contribution >= 0.6 is 11.8 Å². The number of carbonyl (C=O) groups is 2. The van der Waals surface area contributed by atoms with Gasteiger partial charge in [-0.3, -0.25) is 14.5 Å². The first-order chi connectivity index (χ1) is 13.0. The fourth-order valence-electron chi connectivity index (χ4n) is 3.43. The molecule has 0 radical (unpaired) electrons. The van der Waals surface area contributed by atoms with Gasteiger partial charge in [-0.2, -0.15) is 0 Å². The number of nitrogens with one attached hydrogen (secondary N) is 1. The van der Waals surface area contributed by atoms with E-state index in [1.165, 1.54) is 17.8 Å². The molecule has 2 aromatic carbocycles. The Kier molecular flexibility index (Phi) is 4.91. The lowest BCUT2D eigenvalue weighted by Crippen LogP contribution is -2.29. The third-order valence-electron chi connectivity index (χ3n) is 5.31. The van der Waals surface area contributed by atoms with Crippen LogP contribution in [0.5, 0.6) is 0 Å². The van der Waals surface area contributed by atoms with Crippen molar-refractivity contribution in [2.75, 3.05) is 16.0 Å². The molecule has 2 amide bonds. The average molecular weight is 384 g/mol. The van der Waals surface area contributed by atoms with Crippen molar-refractivity contribution in [3.63, 3.8) is 0 Å². The molecular formula is C21H21FN2O2S. The number of rotatable bonds is 4. The van der Waals surface area contributed by atoms with Crippen LogP contribution < -0.4 is 10.2 Å². The lowest BCUT2D eigenvalue weighted by atomic mass is 9.85. The largest absolute Gasteiger partial charge is 0.326 e. The van der Waals surface area contributed by atoms with Crippen molar-refractivity contribution >= 4 is 35.0 Å². The lowest BCUT2D eigenvalue weighted by molar-refractivity contribution is -0.122. The SMILES string of the molecule is Cc1c(F)cccc1N1C(=O)CSC1c1ccc(NC(=O)C2CCC2)cc1. The number of hydrogen-bond donors (Lipinski definition) is 1. The van der Waals surface area contributed by atoms with Gasteiger partial charge in [0.05, 0.1) is 11.4 Å². The standard InChI is InChI=1S/C21H21FN2O2S/c1-13-17(22)6-3-7-18(13)24-19(25)12-27-21(24)15-8-10-16(11-9-15)23-20(26)14-4-2-5-14/h3,6-11,14,21H,2,4-5,12H2,1H3,(H,23,26). The van der Waals surface area contributed by atoms with E-state index in [1.54, 1.807) is 24.0 Å². The summed E-state index contributed by atoms with van der Waals surface area (Å²) in [5.41, 5.74) is 2.80. The molecular weight excluding hydrogens is 363 g/mol. The molecule has 27 heavy (non-hydrogen) atoms. The summed E-state index contributed by atoms with van der Waals surface area (Å²) in [5.74, 6) is 0.238. The Morgan fingerprint density at radius 2 is 1.93 bits per heavy atom. The number of halogens is 1. The number of thioether (sulfide) groups is 1. The number of amides is 2. The van der Waals surface area contributed by atoms with Crippen LogP contribution in [-0.4, -0.2) is 17.6 Å². The van der Waals surface area contributed by atoms with E-state index in [0.717, 1.165) is 30.5 Å². The molecule has 1 unspecified atom stereocenters. The molecule has 2 fully saturated rings. The van der Waals surface area contributed by atoms with Gasteiger partial charge in [0.15, 0.2) is 0 Å². The van der Waals surface area contributed by atoms with Crippen molar-refractivity contribution in [3.05, 3.63) is 59.4 Å². The van der Waals surface area contributed by atoms with E-state index in [1.807, 2.05) is 24.3 Å². The third-order valence-corrected chi connectivity index (χ3v) is 6.52. The molecule has 1 saturated carbocycles. The Morgan fingerprint density at radius 3 is 2.59 bits per heavy atom. The second kappa shape index (κ2) is 7.35. The van der Waals surface area contributed by atoms with Gasteiger partial charge in [0.2, 0.25) is 11.8 Å². The van der Waals surface area contributed by atoms with Gasteiger partial charge in [0.1, 0.15) is 11.2 Å². The number of nitrogens with zero attached hydrogens (tertiary/aromatic N) is 1. The van der Waals surface area contributed by atoms with Crippen molar-refractivity contribution in [1.29, 1.82) is 0 Å². The molecule has 1 N–H and O–H groups in total. The first kappa shape index (κ1) is 18.0. The van der Waals surface area contributed by atoms with Crippen LogP contribution in [0, 0.1) is 18.7 Å². The molecule has 0 spiro atoms. The third kappa shape index (κ3) is 3.46. The van der Waals surface area contributed by atoms with Crippen LogP contribution in [0.1, 0.15) is 35.8 Å². The first-order valence-electron chi connectivity index (χ1n) is 9.14. The van der Waals surface area contributed by atoms with E-state index in [4.69, 9.17) is 0 Å². The topological polar surface area (TPSA) is 49.4 Å². The van der Waals surface area contributed by atoms with E-state index in [-0.39, 0.29) is 28.9 Å². The molecule has 0 bridgehead atoms. The minimum absolute atomic E-state index is 0.0268.